The molecule has 0 aromatic heterocycles. The van der Waals surface area contributed by atoms with E-state index in [1.807, 2.05) is 0 Å². The van der Waals surface area contributed by atoms with Crippen LogP contribution in [0.1, 0.15) is 6.42 Å². The predicted molar refractivity (Wildman–Crippen MR) is 36.2 cm³/mol. The topological polar surface area (TPSA) is 66.4 Å². The summed E-state index contributed by atoms with van der Waals surface area (Å²) in [6, 6.07) is -2.25. The number of carboxylic acid groups (broad SMARTS) is 1. The molecule has 0 rings (SSSR count). The second-order valence-electron chi connectivity index (χ2n) is 2.49. The van der Waals surface area contributed by atoms with Crippen molar-refractivity contribution in [3.8, 4) is 0 Å². The molecule has 0 saturated heterocycles. The minimum atomic E-state index is -5.30. The number of carbonyl (C=O) groups is 2. The van der Waals surface area contributed by atoms with Gasteiger partial charge in [-0.05, 0) is 0 Å². The van der Waals surface area contributed by atoms with Crippen molar-refractivity contribution in [3.05, 3.63) is 0 Å². The molecule has 2 N–H and O–H groups in total. The molecule has 0 fully saturated rings. The highest BCUT2D eigenvalue weighted by Gasteiger charge is 2.41. The quantitative estimate of drug-likeness (QED) is 0.707. The molecule has 1 unspecified atom stereocenters. The minimum Gasteiger partial charge on any atom is -0.480 e. The van der Waals surface area contributed by atoms with Crippen LogP contribution in [0.25, 0.3) is 0 Å². The lowest BCUT2D eigenvalue weighted by Crippen LogP contribution is -2.47. The maximum Gasteiger partial charge on any atom is 0.471 e. The molecular formula is C6H6F5NO3. The smallest absolute Gasteiger partial charge is 0.471 e. The molecule has 0 aliphatic heterocycles. The predicted octanol–water partition coefficient (Wildman–Crippen LogP) is 0.773. The van der Waals surface area contributed by atoms with Gasteiger partial charge in [0, 0.05) is 6.42 Å². The van der Waals surface area contributed by atoms with Crippen molar-refractivity contribution in [2.75, 3.05) is 0 Å². The number of carbonyl (C=O) groups excluding carboxylic acids is 1. The van der Waals surface area contributed by atoms with Gasteiger partial charge < -0.3 is 10.4 Å². The molecule has 1 atom stereocenters. The van der Waals surface area contributed by atoms with Gasteiger partial charge >= 0.3 is 18.1 Å². The summed E-state index contributed by atoms with van der Waals surface area (Å²) in [7, 11) is 0. The van der Waals surface area contributed by atoms with Gasteiger partial charge in [-0.25, -0.2) is 13.6 Å². The van der Waals surface area contributed by atoms with Crippen LogP contribution >= 0.6 is 0 Å². The number of nitrogens with one attached hydrogen (secondary N) is 1. The number of halogens is 5. The second kappa shape index (κ2) is 4.89. The fraction of sp³-hybridized carbons (Fsp3) is 0.667. The zero-order valence-corrected chi connectivity index (χ0v) is 7.02. The molecule has 4 nitrogen and oxygen atoms in total. The van der Waals surface area contributed by atoms with Gasteiger partial charge in [-0.2, -0.15) is 13.2 Å². The van der Waals surface area contributed by atoms with Crippen LogP contribution in [0.3, 0.4) is 0 Å². The molecule has 0 aromatic rings. The Balaban J connectivity index is 4.43. The van der Waals surface area contributed by atoms with Gasteiger partial charge in [-0.15, -0.1) is 0 Å². The molecule has 0 spiro atoms. The van der Waals surface area contributed by atoms with Gasteiger partial charge in [0.05, 0.1) is 0 Å². The number of hydrogen-bond acceptors (Lipinski definition) is 2. The standard InChI is InChI=1S/C6H6F5NO3/c7-3(8)1-2(4(13)14)12-5(15)6(9,10)11/h2-3H,1H2,(H,12,15)(H,13,14). The number of hydrogen-bond donors (Lipinski definition) is 2. The molecule has 15 heavy (non-hydrogen) atoms. The Morgan fingerprint density at radius 2 is 1.73 bits per heavy atom. The molecule has 0 aromatic carbocycles. The average Bonchev–Trinajstić information content (AvgIpc) is 1.99. The van der Waals surface area contributed by atoms with Crippen LogP contribution in [0.15, 0.2) is 0 Å². The van der Waals surface area contributed by atoms with E-state index >= 15 is 0 Å². The normalized spacial score (nSPS) is 13.7. The Morgan fingerprint density at radius 1 is 1.27 bits per heavy atom. The minimum absolute atomic E-state index is 0.944. The fourth-order valence-corrected chi connectivity index (χ4v) is 0.640. The third-order valence-electron chi connectivity index (χ3n) is 1.27. The first-order valence-corrected chi connectivity index (χ1v) is 3.53. The lowest BCUT2D eigenvalue weighted by molar-refractivity contribution is -0.175. The fourth-order valence-electron chi connectivity index (χ4n) is 0.640. The number of rotatable bonds is 4. The van der Waals surface area contributed by atoms with Gasteiger partial charge in [0.15, 0.2) is 0 Å². The first-order valence-electron chi connectivity index (χ1n) is 3.53. The average molecular weight is 235 g/mol. The first kappa shape index (κ1) is 13.6. The van der Waals surface area contributed by atoms with Crippen molar-refractivity contribution in [3.63, 3.8) is 0 Å². The highest BCUT2D eigenvalue weighted by Crippen LogP contribution is 2.15. The van der Waals surface area contributed by atoms with E-state index < -0.39 is 36.9 Å². The Hall–Kier alpha value is -1.41. The highest BCUT2D eigenvalue weighted by atomic mass is 19.4. The van der Waals surface area contributed by atoms with Crippen LogP contribution in [-0.2, 0) is 9.59 Å². The molecule has 9 heteroatoms. The summed E-state index contributed by atoms with van der Waals surface area (Å²) in [5.41, 5.74) is 0. The van der Waals surface area contributed by atoms with Gasteiger partial charge in [0.2, 0.25) is 6.43 Å². The maximum absolute atomic E-state index is 11.7. The van der Waals surface area contributed by atoms with E-state index in [-0.39, 0.29) is 0 Å². The third-order valence-corrected chi connectivity index (χ3v) is 1.27. The summed E-state index contributed by atoms with van der Waals surface area (Å²) in [5, 5.41) is 9.17. The van der Waals surface area contributed by atoms with Crippen molar-refractivity contribution in [1.82, 2.24) is 5.32 Å². The van der Waals surface area contributed by atoms with E-state index in [4.69, 9.17) is 5.11 Å². The van der Waals surface area contributed by atoms with Crippen molar-refractivity contribution in [2.45, 2.75) is 25.1 Å². The second-order valence-corrected chi connectivity index (χ2v) is 2.49. The Bertz CT molecular complexity index is 252. The van der Waals surface area contributed by atoms with Crippen LogP contribution in [0.2, 0.25) is 0 Å². The third kappa shape index (κ3) is 5.13. The van der Waals surface area contributed by atoms with E-state index in [9.17, 15) is 31.5 Å². The largest absolute Gasteiger partial charge is 0.480 e. The summed E-state index contributed by atoms with van der Waals surface area (Å²) in [6.45, 7) is 0. The number of aliphatic carboxylic acids is 1. The van der Waals surface area contributed by atoms with Crippen molar-refractivity contribution >= 4 is 11.9 Å². The molecule has 0 radical (unpaired) electrons. The Kier molecular flexibility index (Phi) is 4.43. The van der Waals surface area contributed by atoms with E-state index in [2.05, 4.69) is 0 Å². The number of carboxylic acids is 1. The van der Waals surface area contributed by atoms with E-state index in [1.165, 1.54) is 0 Å². The van der Waals surface area contributed by atoms with E-state index in [1.54, 1.807) is 0 Å². The molecule has 1 amide bonds. The monoisotopic (exact) mass is 235 g/mol. The summed E-state index contributed by atoms with van der Waals surface area (Å²) >= 11 is 0. The summed E-state index contributed by atoms with van der Waals surface area (Å²) in [6.07, 6.45) is -9.80. The Morgan fingerprint density at radius 3 is 2.00 bits per heavy atom. The lowest BCUT2D eigenvalue weighted by Gasteiger charge is -2.14. The summed E-state index contributed by atoms with van der Waals surface area (Å²) in [5.74, 6) is -4.51. The van der Waals surface area contributed by atoms with Gasteiger partial charge in [0.1, 0.15) is 6.04 Å². The lowest BCUT2D eigenvalue weighted by atomic mass is 10.2. The first-order chi connectivity index (χ1) is 6.64. The Labute approximate surface area is 80.1 Å². The van der Waals surface area contributed by atoms with Crippen LogP contribution in [0, 0.1) is 0 Å². The van der Waals surface area contributed by atoms with Crippen LogP contribution in [0.5, 0.6) is 0 Å². The molecular weight excluding hydrogens is 229 g/mol. The maximum atomic E-state index is 11.7. The van der Waals surface area contributed by atoms with Crippen LogP contribution in [-0.4, -0.2) is 35.6 Å². The number of amides is 1. The van der Waals surface area contributed by atoms with Crippen molar-refractivity contribution < 1.29 is 36.6 Å². The number of alkyl halides is 5. The van der Waals surface area contributed by atoms with Crippen LogP contribution in [0.4, 0.5) is 22.0 Å². The molecule has 0 aliphatic carbocycles. The highest BCUT2D eigenvalue weighted by molar-refractivity contribution is 5.86. The molecule has 0 aliphatic rings. The molecule has 0 saturated carbocycles. The molecule has 88 valence electrons. The van der Waals surface area contributed by atoms with E-state index in [0.717, 1.165) is 5.32 Å². The van der Waals surface area contributed by atoms with Gasteiger partial charge in [-0.3, -0.25) is 4.79 Å². The molecule has 0 bridgehead atoms. The SMILES string of the molecule is O=C(O)C(CC(F)F)NC(=O)C(F)(F)F. The van der Waals surface area contributed by atoms with Gasteiger partial charge in [-0.1, -0.05) is 0 Å². The summed E-state index contributed by atoms with van der Waals surface area (Å²) in [4.78, 5) is 20.4. The van der Waals surface area contributed by atoms with Gasteiger partial charge in [0.25, 0.3) is 0 Å². The van der Waals surface area contributed by atoms with Crippen LogP contribution < -0.4 is 5.32 Å². The molecule has 0 heterocycles. The van der Waals surface area contributed by atoms with E-state index in [0.29, 0.717) is 0 Å². The van der Waals surface area contributed by atoms with Crippen molar-refractivity contribution in [2.24, 2.45) is 0 Å². The van der Waals surface area contributed by atoms with Crippen molar-refractivity contribution in [1.29, 1.82) is 0 Å². The summed E-state index contributed by atoms with van der Waals surface area (Å²) < 4.78 is 58.2. The zero-order chi connectivity index (χ0) is 12.2. The zero-order valence-electron chi connectivity index (χ0n) is 7.02.